The minimum Gasteiger partial charge on any atom is -0.345 e. The van der Waals surface area contributed by atoms with Crippen LogP contribution in [0.15, 0.2) is 47.2 Å². The molecule has 6 heteroatoms. The molecule has 0 saturated heterocycles. The fraction of sp³-hybridized carbons (Fsp3) is 0. The van der Waals surface area contributed by atoms with Crippen LogP contribution in [0.2, 0.25) is 5.02 Å². The van der Waals surface area contributed by atoms with Gasteiger partial charge in [0.2, 0.25) is 0 Å². The Balaban J connectivity index is 1.86. The van der Waals surface area contributed by atoms with E-state index in [1.165, 1.54) is 0 Å². The van der Waals surface area contributed by atoms with Gasteiger partial charge in [-0.1, -0.05) is 11.6 Å². The number of nitrogens with one attached hydrogen (secondary N) is 2. The largest absolute Gasteiger partial charge is 0.345 e. The summed E-state index contributed by atoms with van der Waals surface area (Å²) in [5.74, 6) is -0.195. The molecule has 3 aromatic rings. The number of hydrogen-bond acceptors (Lipinski definition) is 2. The second-order valence-corrected chi connectivity index (χ2v) is 5.48. The van der Waals surface area contributed by atoms with Crippen molar-refractivity contribution in [2.24, 2.45) is 0 Å². The number of benzene rings is 2. The molecular formula is C14H9BrClN3O. The summed E-state index contributed by atoms with van der Waals surface area (Å²) in [7, 11) is 0. The molecule has 0 atom stereocenters. The van der Waals surface area contributed by atoms with E-state index < -0.39 is 0 Å². The molecular weight excluding hydrogens is 342 g/mol. The number of H-pyrrole nitrogens is 1. The summed E-state index contributed by atoms with van der Waals surface area (Å²) in [6.45, 7) is 0. The molecule has 0 saturated carbocycles. The predicted octanol–water partition coefficient (Wildman–Crippen LogP) is 4.23. The zero-order valence-electron chi connectivity index (χ0n) is 10.2. The molecule has 2 N–H and O–H groups in total. The molecule has 4 nitrogen and oxygen atoms in total. The van der Waals surface area contributed by atoms with Crippen molar-refractivity contribution in [3.8, 4) is 0 Å². The van der Waals surface area contributed by atoms with E-state index in [-0.39, 0.29) is 5.91 Å². The van der Waals surface area contributed by atoms with E-state index in [9.17, 15) is 4.79 Å². The molecule has 2 aromatic carbocycles. The molecule has 0 unspecified atom stereocenters. The Morgan fingerprint density at radius 2 is 2.10 bits per heavy atom. The maximum Gasteiger partial charge on any atom is 0.255 e. The van der Waals surface area contributed by atoms with Crippen molar-refractivity contribution < 1.29 is 4.79 Å². The summed E-state index contributed by atoms with van der Waals surface area (Å²) in [5, 5.41) is 3.35. The smallest absolute Gasteiger partial charge is 0.255 e. The molecule has 1 amide bonds. The molecule has 100 valence electrons. The third-order valence-corrected chi connectivity index (χ3v) is 4.09. The number of anilines is 1. The average molecular weight is 351 g/mol. The number of carbonyl (C=O) groups excluding carboxylic acids is 1. The van der Waals surface area contributed by atoms with Gasteiger partial charge in [0.05, 0.1) is 22.4 Å². The molecule has 20 heavy (non-hydrogen) atoms. The number of amides is 1. The van der Waals surface area contributed by atoms with Crippen LogP contribution >= 0.6 is 27.5 Å². The van der Waals surface area contributed by atoms with Crippen LogP contribution < -0.4 is 5.32 Å². The van der Waals surface area contributed by atoms with E-state index in [0.717, 1.165) is 15.5 Å². The lowest BCUT2D eigenvalue weighted by molar-refractivity contribution is 0.102. The minimum atomic E-state index is -0.195. The maximum absolute atomic E-state index is 12.2. The second-order valence-electron chi connectivity index (χ2n) is 4.22. The van der Waals surface area contributed by atoms with E-state index in [4.69, 9.17) is 11.6 Å². The predicted molar refractivity (Wildman–Crippen MR) is 83.2 cm³/mol. The molecule has 0 spiro atoms. The molecule has 0 aliphatic carbocycles. The lowest BCUT2D eigenvalue weighted by Gasteiger charge is -2.06. The normalized spacial score (nSPS) is 10.7. The number of fused-ring (bicyclic) bond motifs is 1. The van der Waals surface area contributed by atoms with Gasteiger partial charge in [0.1, 0.15) is 0 Å². The van der Waals surface area contributed by atoms with Crippen LogP contribution in [0.25, 0.3) is 11.0 Å². The fourth-order valence-electron chi connectivity index (χ4n) is 1.85. The van der Waals surface area contributed by atoms with Gasteiger partial charge >= 0.3 is 0 Å². The average Bonchev–Trinajstić information content (AvgIpc) is 2.90. The Labute approximate surface area is 128 Å². The minimum absolute atomic E-state index is 0.195. The summed E-state index contributed by atoms with van der Waals surface area (Å²) >= 11 is 9.30. The van der Waals surface area contributed by atoms with Crippen LogP contribution in [0, 0.1) is 0 Å². The summed E-state index contributed by atoms with van der Waals surface area (Å²) < 4.78 is 0.788. The number of nitrogens with zero attached hydrogens (tertiary/aromatic N) is 1. The molecule has 0 aliphatic rings. The first kappa shape index (κ1) is 13.1. The quantitative estimate of drug-likeness (QED) is 0.726. The monoisotopic (exact) mass is 349 g/mol. The third-order valence-electron chi connectivity index (χ3n) is 2.86. The first-order valence-electron chi connectivity index (χ1n) is 5.83. The summed E-state index contributed by atoms with van der Waals surface area (Å²) in [6.07, 6.45) is 1.60. The van der Waals surface area contributed by atoms with Crippen molar-refractivity contribution in [1.82, 2.24) is 9.97 Å². The van der Waals surface area contributed by atoms with Gasteiger partial charge in [-0.15, -0.1) is 0 Å². The van der Waals surface area contributed by atoms with Gasteiger partial charge in [0, 0.05) is 15.7 Å². The number of rotatable bonds is 2. The Bertz CT molecular complexity index is 800. The first-order valence-corrected chi connectivity index (χ1v) is 7.00. The van der Waals surface area contributed by atoms with Crippen LogP contribution in [-0.2, 0) is 0 Å². The fourth-order valence-corrected chi connectivity index (χ4v) is 2.28. The lowest BCUT2D eigenvalue weighted by Crippen LogP contribution is -2.11. The highest BCUT2D eigenvalue weighted by molar-refractivity contribution is 9.10. The second kappa shape index (κ2) is 5.26. The van der Waals surface area contributed by atoms with Gasteiger partial charge in [0.25, 0.3) is 5.91 Å². The molecule has 1 aromatic heterocycles. The Kier molecular flexibility index (Phi) is 3.46. The third kappa shape index (κ3) is 2.55. The molecule has 0 aliphatic heterocycles. The zero-order chi connectivity index (χ0) is 14.1. The van der Waals surface area contributed by atoms with Gasteiger partial charge in [0.15, 0.2) is 0 Å². The molecule has 0 fully saturated rings. The van der Waals surface area contributed by atoms with E-state index in [1.807, 2.05) is 0 Å². The van der Waals surface area contributed by atoms with Gasteiger partial charge < -0.3 is 10.3 Å². The van der Waals surface area contributed by atoms with Crippen LogP contribution in [0.4, 0.5) is 5.69 Å². The SMILES string of the molecule is O=C(Nc1ccc(Br)c(Cl)c1)c1ccc2nc[nH]c2c1. The first-order chi connectivity index (χ1) is 9.63. The lowest BCUT2D eigenvalue weighted by atomic mass is 10.2. The zero-order valence-corrected chi connectivity index (χ0v) is 12.5. The number of carbonyl (C=O) groups is 1. The Morgan fingerprint density at radius 3 is 2.90 bits per heavy atom. The standard InChI is InChI=1S/C14H9BrClN3O/c15-10-3-2-9(6-11(10)16)19-14(20)8-1-4-12-13(5-8)18-7-17-12/h1-7H,(H,17,18)(H,19,20). The number of halogens is 2. The summed E-state index contributed by atoms with van der Waals surface area (Å²) in [5.41, 5.74) is 2.86. The van der Waals surface area contributed by atoms with Crippen molar-refractivity contribution in [3.05, 3.63) is 57.8 Å². The Morgan fingerprint density at radius 1 is 1.25 bits per heavy atom. The van der Waals surface area contributed by atoms with Crippen LogP contribution in [-0.4, -0.2) is 15.9 Å². The van der Waals surface area contributed by atoms with Crippen molar-refractivity contribution >= 4 is 50.2 Å². The number of hydrogen-bond donors (Lipinski definition) is 2. The molecule has 3 rings (SSSR count). The highest BCUT2D eigenvalue weighted by Crippen LogP contribution is 2.25. The Hall–Kier alpha value is -1.85. The van der Waals surface area contributed by atoms with E-state index >= 15 is 0 Å². The van der Waals surface area contributed by atoms with Crippen molar-refractivity contribution in [1.29, 1.82) is 0 Å². The van der Waals surface area contributed by atoms with E-state index in [2.05, 4.69) is 31.2 Å². The van der Waals surface area contributed by atoms with Gasteiger partial charge in [-0.3, -0.25) is 4.79 Å². The molecule has 0 radical (unpaired) electrons. The van der Waals surface area contributed by atoms with E-state index in [0.29, 0.717) is 16.3 Å². The molecule has 1 heterocycles. The molecule has 0 bridgehead atoms. The van der Waals surface area contributed by atoms with Gasteiger partial charge in [-0.2, -0.15) is 0 Å². The van der Waals surface area contributed by atoms with Crippen molar-refractivity contribution in [3.63, 3.8) is 0 Å². The van der Waals surface area contributed by atoms with Crippen molar-refractivity contribution in [2.45, 2.75) is 0 Å². The van der Waals surface area contributed by atoms with Crippen LogP contribution in [0.3, 0.4) is 0 Å². The highest BCUT2D eigenvalue weighted by Gasteiger charge is 2.08. The summed E-state index contributed by atoms with van der Waals surface area (Å²) in [4.78, 5) is 19.3. The van der Waals surface area contributed by atoms with Crippen molar-refractivity contribution in [2.75, 3.05) is 5.32 Å². The van der Waals surface area contributed by atoms with Crippen LogP contribution in [0.5, 0.6) is 0 Å². The van der Waals surface area contributed by atoms with Crippen LogP contribution in [0.1, 0.15) is 10.4 Å². The highest BCUT2D eigenvalue weighted by atomic mass is 79.9. The number of imidazole rings is 1. The summed E-state index contributed by atoms with van der Waals surface area (Å²) in [6, 6.07) is 10.6. The van der Waals surface area contributed by atoms with Gasteiger partial charge in [-0.25, -0.2) is 4.98 Å². The number of aromatic nitrogens is 2. The number of aromatic amines is 1. The topological polar surface area (TPSA) is 57.8 Å². The maximum atomic E-state index is 12.2. The van der Waals surface area contributed by atoms with E-state index in [1.54, 1.807) is 42.7 Å². The van der Waals surface area contributed by atoms with Gasteiger partial charge in [-0.05, 0) is 52.3 Å².